The highest BCUT2D eigenvalue weighted by atomic mass is 15.0. The third kappa shape index (κ3) is 6.14. The minimum Gasteiger partial charge on any atom is -0.310 e. The molecule has 4 aliphatic rings. The summed E-state index contributed by atoms with van der Waals surface area (Å²) in [5, 5.41) is 6.80. The Kier molecular flexibility index (Phi) is 9.04. The van der Waals surface area contributed by atoms with Gasteiger partial charge >= 0.3 is 0 Å². The molecule has 7 aromatic carbocycles. The number of aromatic nitrogens is 4. The van der Waals surface area contributed by atoms with E-state index in [2.05, 4.69) is 178 Å². The van der Waals surface area contributed by atoms with Crippen LogP contribution in [-0.2, 0) is 10.8 Å². The van der Waals surface area contributed by atoms with Crippen LogP contribution in [0.3, 0.4) is 0 Å². The van der Waals surface area contributed by atoms with Crippen LogP contribution in [0.5, 0.6) is 0 Å². The second kappa shape index (κ2) is 15.0. The molecule has 0 unspecified atom stereocenters. The molecule has 0 atom stereocenters. The maximum Gasteiger partial charge on any atom is 0.252 e. The van der Waals surface area contributed by atoms with Gasteiger partial charge in [-0.25, -0.2) is 9.97 Å². The van der Waals surface area contributed by atoms with E-state index in [0.717, 1.165) is 33.5 Å². The number of hydrogen-bond acceptors (Lipinski definition) is 2. The molecule has 0 bridgehead atoms. The summed E-state index contributed by atoms with van der Waals surface area (Å²) in [4.78, 5) is 11.1. The van der Waals surface area contributed by atoms with Crippen molar-refractivity contribution in [1.82, 2.24) is 19.1 Å². The quantitative estimate of drug-likeness (QED) is 0.165. The lowest BCUT2D eigenvalue weighted by Gasteiger charge is -2.35. The predicted octanol–water partition coefficient (Wildman–Crippen LogP) is 15.0. The van der Waals surface area contributed by atoms with Crippen molar-refractivity contribution in [2.45, 2.75) is 128 Å². The lowest BCUT2D eigenvalue weighted by Crippen LogP contribution is -2.59. The van der Waals surface area contributed by atoms with E-state index in [-0.39, 0.29) is 17.5 Å². The van der Waals surface area contributed by atoms with Crippen LogP contribution in [0.25, 0.3) is 88.5 Å². The Labute approximate surface area is 406 Å². The molecule has 0 N–H and O–H groups in total. The highest BCUT2D eigenvalue weighted by Gasteiger charge is 2.43. The number of para-hydroxylation sites is 1. The van der Waals surface area contributed by atoms with Crippen molar-refractivity contribution in [2.75, 3.05) is 0 Å². The normalized spacial score (nSPS) is 16.4. The van der Waals surface area contributed by atoms with E-state index in [1.54, 1.807) is 11.1 Å². The van der Waals surface area contributed by atoms with Gasteiger partial charge in [0.15, 0.2) is 5.82 Å². The van der Waals surface area contributed by atoms with Crippen LogP contribution in [0.15, 0.2) is 127 Å². The van der Waals surface area contributed by atoms with Gasteiger partial charge < -0.3 is 9.13 Å². The first kappa shape index (κ1) is 41.5. The number of benzene rings is 7. The molecule has 5 heteroatoms. The summed E-state index contributed by atoms with van der Waals surface area (Å²) in [7, 11) is 0. The highest BCUT2D eigenvalue weighted by Crippen LogP contribution is 2.48. The molecule has 14 rings (SSSR count). The smallest absolute Gasteiger partial charge is 0.252 e. The van der Waals surface area contributed by atoms with Crippen molar-refractivity contribution in [2.24, 2.45) is 0 Å². The van der Waals surface area contributed by atoms with Crippen LogP contribution < -0.4 is 16.4 Å². The van der Waals surface area contributed by atoms with Crippen molar-refractivity contribution < 1.29 is 0 Å². The third-order valence-corrected chi connectivity index (χ3v) is 17.2. The van der Waals surface area contributed by atoms with Crippen LogP contribution in [0.1, 0.15) is 140 Å². The molecule has 2 aliphatic carbocycles. The Morgan fingerprint density at radius 2 is 0.986 bits per heavy atom. The number of rotatable bonds is 4. The lowest BCUT2D eigenvalue weighted by molar-refractivity contribution is 0.445. The fraction of sp³-hybridized carbons (Fsp3) is 0.312. The van der Waals surface area contributed by atoms with Crippen LogP contribution >= 0.6 is 0 Å². The summed E-state index contributed by atoms with van der Waals surface area (Å²) < 4.78 is 5.39. The molecule has 2 saturated carbocycles. The average molecular weight is 897 g/mol. The highest BCUT2D eigenvalue weighted by molar-refractivity contribution is 7.00. The van der Waals surface area contributed by atoms with Gasteiger partial charge in [-0.05, 0) is 129 Å². The van der Waals surface area contributed by atoms with Gasteiger partial charge in [0, 0.05) is 60.5 Å². The fourth-order valence-corrected chi connectivity index (χ4v) is 13.7. The summed E-state index contributed by atoms with van der Waals surface area (Å²) >= 11 is 0. The van der Waals surface area contributed by atoms with Gasteiger partial charge in [0.2, 0.25) is 0 Å². The van der Waals surface area contributed by atoms with Gasteiger partial charge in [-0.3, -0.25) is 0 Å². The first-order valence-electron chi connectivity index (χ1n) is 26.3. The maximum absolute atomic E-state index is 5.59. The van der Waals surface area contributed by atoms with Crippen molar-refractivity contribution in [1.29, 1.82) is 0 Å². The molecule has 0 spiro atoms. The summed E-state index contributed by atoms with van der Waals surface area (Å²) in [5.74, 6) is 1.88. The third-order valence-electron chi connectivity index (χ3n) is 17.2. The molecule has 2 aliphatic heterocycles. The monoisotopic (exact) mass is 896 g/mol. The molecule has 10 aromatic rings. The summed E-state index contributed by atoms with van der Waals surface area (Å²) in [6.45, 7) is 14.3. The van der Waals surface area contributed by atoms with E-state index in [1.807, 2.05) is 0 Å². The van der Waals surface area contributed by atoms with Crippen molar-refractivity contribution in [3.8, 4) is 34.0 Å². The Morgan fingerprint density at radius 3 is 1.51 bits per heavy atom. The summed E-state index contributed by atoms with van der Waals surface area (Å²) in [5.41, 5.74) is 22.1. The van der Waals surface area contributed by atoms with Crippen molar-refractivity contribution >= 4 is 77.6 Å². The zero-order valence-corrected chi connectivity index (χ0v) is 41.2. The van der Waals surface area contributed by atoms with Crippen LogP contribution in [0.2, 0.25) is 0 Å². The van der Waals surface area contributed by atoms with E-state index >= 15 is 0 Å². The van der Waals surface area contributed by atoms with Gasteiger partial charge in [0.05, 0.1) is 22.2 Å². The minimum atomic E-state index is 0.0160. The summed E-state index contributed by atoms with van der Waals surface area (Å²) in [6, 6.07) is 49.4. The standard InChI is InChI=1S/C64H61BN4/c1-63(2,3)42-26-32-52-47(36-42)56-44(38-18-10-7-11-19-38)28-30-49-60(56)68(52)54-34-41(62-66-51-25-17-16-24-46(51)59(67-62)40-22-14-9-15-23-40)35-55-58(54)65(49)50-31-29-45(39-20-12-8-13-21-39)57-48-37-43(64(4,5)6)27-33-53(48)69(55)61(50)57/h9,14-17,22-39H,7-8,10-13,18-21H2,1-6H3. The van der Waals surface area contributed by atoms with Crippen LogP contribution in [-0.4, -0.2) is 25.8 Å². The largest absolute Gasteiger partial charge is 0.310 e. The van der Waals surface area contributed by atoms with Crippen molar-refractivity contribution in [3.05, 3.63) is 150 Å². The molecular weight excluding hydrogens is 836 g/mol. The predicted molar refractivity (Wildman–Crippen MR) is 293 cm³/mol. The number of fused-ring (bicyclic) bond motifs is 11. The van der Waals surface area contributed by atoms with E-state index in [1.165, 1.54) is 147 Å². The Balaban J connectivity index is 1.16. The summed E-state index contributed by atoms with van der Waals surface area (Å²) in [6.07, 6.45) is 13.0. The van der Waals surface area contributed by atoms with E-state index in [4.69, 9.17) is 9.97 Å². The SMILES string of the molecule is CC(C)(C)c1ccc2c(c1)c1c(C3CCCCC3)ccc3c1n2-c1cc(-c2nc(-c4ccccc4)c4ccccc4n2)cc2c1B3c1ccc(C3CCCCC3)c3c4cc(C(C)(C)C)ccc4n-2c13. The molecule has 0 amide bonds. The van der Waals surface area contributed by atoms with Crippen LogP contribution in [0.4, 0.5) is 0 Å². The molecule has 0 saturated heterocycles. The molecule has 340 valence electrons. The van der Waals surface area contributed by atoms with Crippen molar-refractivity contribution in [3.63, 3.8) is 0 Å². The minimum absolute atomic E-state index is 0.0160. The topological polar surface area (TPSA) is 35.6 Å². The molecule has 2 fully saturated rings. The fourth-order valence-electron chi connectivity index (χ4n) is 13.7. The Bertz CT molecular complexity index is 3590. The van der Waals surface area contributed by atoms with Gasteiger partial charge in [-0.1, -0.05) is 165 Å². The Hall–Kier alpha value is -6.46. The average Bonchev–Trinajstić information content (AvgIpc) is 3.90. The van der Waals surface area contributed by atoms with E-state index in [9.17, 15) is 0 Å². The molecule has 4 nitrogen and oxygen atoms in total. The maximum atomic E-state index is 5.59. The molecule has 69 heavy (non-hydrogen) atoms. The second-order valence-corrected chi connectivity index (χ2v) is 23.4. The second-order valence-electron chi connectivity index (χ2n) is 23.4. The lowest BCUT2D eigenvalue weighted by atomic mass is 9.34. The number of hydrogen-bond donors (Lipinski definition) is 0. The zero-order valence-electron chi connectivity index (χ0n) is 41.2. The first-order valence-corrected chi connectivity index (χ1v) is 26.3. The molecule has 3 aromatic heterocycles. The van der Waals surface area contributed by atoms with Gasteiger partial charge in [-0.2, -0.15) is 0 Å². The Morgan fingerprint density at radius 1 is 0.478 bits per heavy atom. The molecular formula is C64H61BN4. The number of nitrogens with zero attached hydrogens (tertiary/aromatic N) is 4. The zero-order chi connectivity index (χ0) is 46.5. The van der Waals surface area contributed by atoms with E-state index < -0.39 is 0 Å². The molecule has 5 heterocycles. The van der Waals surface area contributed by atoms with Gasteiger partial charge in [0.25, 0.3) is 6.71 Å². The first-order chi connectivity index (χ1) is 33.5. The van der Waals surface area contributed by atoms with E-state index in [0.29, 0.717) is 11.8 Å². The van der Waals surface area contributed by atoms with Gasteiger partial charge in [0.1, 0.15) is 0 Å². The molecule has 0 radical (unpaired) electrons. The van der Waals surface area contributed by atoms with Gasteiger partial charge in [-0.15, -0.1) is 0 Å². The van der Waals surface area contributed by atoms with Crippen LogP contribution in [0, 0.1) is 0 Å².